The highest BCUT2D eigenvalue weighted by atomic mass is 16.5. The second-order valence-electron chi connectivity index (χ2n) is 7.79. The van der Waals surface area contributed by atoms with Gasteiger partial charge in [0.05, 0.1) is 40.0 Å². The normalized spacial score (nSPS) is 18.2. The van der Waals surface area contributed by atoms with E-state index in [9.17, 15) is 9.59 Å². The molecule has 12 heteroatoms. The summed E-state index contributed by atoms with van der Waals surface area (Å²) < 4.78 is 10.7. The number of esters is 2. The van der Waals surface area contributed by atoms with Crippen molar-refractivity contribution in [3.05, 3.63) is 17.7 Å². The minimum Gasteiger partial charge on any atom is -0.424 e. The smallest absolute Gasteiger partial charge is 0.347 e. The van der Waals surface area contributed by atoms with Crippen LogP contribution in [0.2, 0.25) is 0 Å². The van der Waals surface area contributed by atoms with Crippen LogP contribution >= 0.6 is 0 Å². The van der Waals surface area contributed by atoms with E-state index in [0.717, 1.165) is 12.8 Å². The highest BCUT2D eigenvalue weighted by Crippen LogP contribution is 2.40. The molecule has 2 aromatic rings. The Kier molecular flexibility index (Phi) is 6.07. The summed E-state index contributed by atoms with van der Waals surface area (Å²) in [5, 5.41) is 0. The van der Waals surface area contributed by atoms with Gasteiger partial charge in [-0.2, -0.15) is 0 Å². The van der Waals surface area contributed by atoms with Crippen molar-refractivity contribution in [3.8, 4) is 11.5 Å². The van der Waals surface area contributed by atoms with Crippen molar-refractivity contribution < 1.29 is 19.1 Å². The molecule has 0 saturated heterocycles. The standard InChI is InChI=1S/C20H28N8O4/c21-8-3-1-7(2-4-8)19(29)31-11-5-9(22)13(17(27)15(11)25)20(30)32-12-6-10(23)14(24)18(28)16(12)26/h5-8H,1-4,21-28H2. The van der Waals surface area contributed by atoms with Crippen LogP contribution in [0.5, 0.6) is 11.5 Å². The Hall–Kier alpha value is -4.06. The van der Waals surface area contributed by atoms with Crippen molar-refractivity contribution in [1.29, 1.82) is 0 Å². The lowest BCUT2D eigenvalue weighted by Crippen LogP contribution is -2.31. The Morgan fingerprint density at radius 1 is 0.688 bits per heavy atom. The van der Waals surface area contributed by atoms with Crippen LogP contribution in [0.4, 0.5) is 39.8 Å². The molecule has 0 amide bonds. The van der Waals surface area contributed by atoms with E-state index in [4.69, 9.17) is 55.3 Å². The van der Waals surface area contributed by atoms with E-state index >= 15 is 0 Å². The summed E-state index contributed by atoms with van der Waals surface area (Å²) in [6.07, 6.45) is 2.69. The molecule has 32 heavy (non-hydrogen) atoms. The van der Waals surface area contributed by atoms with Crippen LogP contribution in [0.15, 0.2) is 12.1 Å². The molecule has 0 aromatic heterocycles. The minimum atomic E-state index is -0.957. The molecule has 0 aliphatic heterocycles. The topological polar surface area (TPSA) is 261 Å². The first kappa shape index (κ1) is 22.6. The first-order valence-electron chi connectivity index (χ1n) is 9.91. The summed E-state index contributed by atoms with van der Waals surface area (Å²) in [6, 6.07) is 2.58. The molecule has 1 aliphatic carbocycles. The first-order chi connectivity index (χ1) is 15.0. The largest absolute Gasteiger partial charge is 0.424 e. The highest BCUT2D eigenvalue weighted by molar-refractivity contribution is 6.06. The summed E-state index contributed by atoms with van der Waals surface area (Å²) in [5.41, 5.74) is 46.3. The van der Waals surface area contributed by atoms with Gasteiger partial charge in [-0.05, 0) is 25.7 Å². The van der Waals surface area contributed by atoms with Crippen LogP contribution in [0.25, 0.3) is 0 Å². The number of carbonyl (C=O) groups is 2. The zero-order valence-corrected chi connectivity index (χ0v) is 17.4. The Morgan fingerprint density at radius 3 is 1.84 bits per heavy atom. The maximum Gasteiger partial charge on any atom is 0.347 e. The predicted octanol–water partition coefficient (Wildman–Crippen LogP) is 0.404. The molecule has 2 aromatic carbocycles. The SMILES string of the molecule is Nc1cc(OC(=O)c2c(N)cc(OC(=O)C3CCC(N)CC3)c(N)c2N)c(N)c(N)c1N. The number of nitrogens with two attached hydrogens (primary N) is 8. The van der Waals surface area contributed by atoms with Crippen LogP contribution in [0, 0.1) is 5.92 Å². The van der Waals surface area contributed by atoms with Crippen LogP contribution in [0.3, 0.4) is 0 Å². The van der Waals surface area contributed by atoms with E-state index in [1.807, 2.05) is 0 Å². The second kappa shape index (κ2) is 8.59. The minimum absolute atomic E-state index is 0.0285. The van der Waals surface area contributed by atoms with Crippen molar-refractivity contribution in [2.45, 2.75) is 31.7 Å². The fourth-order valence-corrected chi connectivity index (χ4v) is 3.54. The lowest BCUT2D eigenvalue weighted by atomic mass is 9.86. The molecular formula is C20H28N8O4. The number of nitrogen functional groups attached to an aromatic ring is 7. The number of rotatable bonds is 4. The first-order valence-corrected chi connectivity index (χ1v) is 9.91. The zero-order valence-electron chi connectivity index (χ0n) is 17.4. The van der Waals surface area contributed by atoms with Crippen LogP contribution in [-0.2, 0) is 4.79 Å². The van der Waals surface area contributed by atoms with Crippen LogP contribution < -0.4 is 55.3 Å². The third-order valence-electron chi connectivity index (χ3n) is 5.57. The fraction of sp³-hybridized carbons (Fsp3) is 0.300. The quantitative estimate of drug-likeness (QED) is 0.181. The molecule has 0 atom stereocenters. The summed E-state index contributed by atoms with van der Waals surface area (Å²) >= 11 is 0. The van der Waals surface area contributed by atoms with Crippen LogP contribution in [-0.4, -0.2) is 18.0 Å². The van der Waals surface area contributed by atoms with Gasteiger partial charge in [-0.1, -0.05) is 0 Å². The Bertz CT molecular complexity index is 1080. The molecule has 16 N–H and O–H groups in total. The average Bonchev–Trinajstić information content (AvgIpc) is 2.74. The number of carbonyl (C=O) groups excluding carboxylic acids is 2. The molecular weight excluding hydrogens is 416 g/mol. The molecule has 0 radical (unpaired) electrons. The van der Waals surface area contributed by atoms with Crippen molar-refractivity contribution >= 4 is 51.8 Å². The lowest BCUT2D eigenvalue weighted by molar-refractivity contribution is -0.140. The number of hydrogen-bond acceptors (Lipinski definition) is 12. The molecule has 0 heterocycles. The predicted molar refractivity (Wildman–Crippen MR) is 124 cm³/mol. The highest BCUT2D eigenvalue weighted by Gasteiger charge is 2.28. The van der Waals surface area contributed by atoms with E-state index in [2.05, 4.69) is 0 Å². The van der Waals surface area contributed by atoms with Crippen molar-refractivity contribution in [2.75, 3.05) is 40.1 Å². The maximum absolute atomic E-state index is 12.8. The van der Waals surface area contributed by atoms with E-state index < -0.39 is 11.9 Å². The van der Waals surface area contributed by atoms with Gasteiger partial charge in [0, 0.05) is 18.2 Å². The molecule has 3 rings (SSSR count). The Balaban J connectivity index is 1.84. The van der Waals surface area contributed by atoms with Crippen molar-refractivity contribution in [2.24, 2.45) is 11.7 Å². The average molecular weight is 444 g/mol. The molecule has 1 saturated carbocycles. The maximum atomic E-state index is 12.8. The van der Waals surface area contributed by atoms with Crippen molar-refractivity contribution in [3.63, 3.8) is 0 Å². The molecule has 0 bridgehead atoms. The number of anilines is 7. The van der Waals surface area contributed by atoms with Gasteiger partial charge in [0.15, 0.2) is 11.5 Å². The van der Waals surface area contributed by atoms with E-state index in [-0.39, 0.29) is 68.8 Å². The second-order valence-corrected chi connectivity index (χ2v) is 7.79. The van der Waals surface area contributed by atoms with Gasteiger partial charge < -0.3 is 55.3 Å². The Morgan fingerprint density at radius 2 is 1.22 bits per heavy atom. The fourth-order valence-electron chi connectivity index (χ4n) is 3.54. The molecule has 1 fully saturated rings. The van der Waals surface area contributed by atoms with Gasteiger partial charge in [0.1, 0.15) is 11.3 Å². The van der Waals surface area contributed by atoms with Crippen LogP contribution in [0.1, 0.15) is 36.0 Å². The molecule has 1 aliphatic rings. The lowest BCUT2D eigenvalue weighted by Gasteiger charge is -2.24. The molecule has 172 valence electrons. The molecule has 0 unspecified atom stereocenters. The third kappa shape index (κ3) is 4.21. The summed E-state index contributed by atoms with van der Waals surface area (Å²) in [5.74, 6) is -1.88. The van der Waals surface area contributed by atoms with Gasteiger partial charge in [-0.3, -0.25) is 4.79 Å². The number of benzene rings is 2. The zero-order chi connectivity index (χ0) is 23.7. The monoisotopic (exact) mass is 444 g/mol. The van der Waals surface area contributed by atoms with E-state index in [0.29, 0.717) is 12.8 Å². The van der Waals surface area contributed by atoms with E-state index in [1.165, 1.54) is 12.1 Å². The summed E-state index contributed by atoms with van der Waals surface area (Å²) in [7, 11) is 0. The van der Waals surface area contributed by atoms with Gasteiger partial charge >= 0.3 is 11.9 Å². The van der Waals surface area contributed by atoms with Gasteiger partial charge in [-0.25, -0.2) is 4.79 Å². The third-order valence-corrected chi connectivity index (χ3v) is 5.57. The van der Waals surface area contributed by atoms with Gasteiger partial charge in [-0.15, -0.1) is 0 Å². The van der Waals surface area contributed by atoms with Crippen molar-refractivity contribution in [1.82, 2.24) is 0 Å². The molecule has 12 nitrogen and oxygen atoms in total. The van der Waals surface area contributed by atoms with E-state index in [1.54, 1.807) is 0 Å². The summed E-state index contributed by atoms with van der Waals surface area (Å²) in [6.45, 7) is 0. The number of hydrogen-bond donors (Lipinski definition) is 8. The summed E-state index contributed by atoms with van der Waals surface area (Å²) in [4.78, 5) is 25.3. The van der Waals surface area contributed by atoms with Gasteiger partial charge in [0.2, 0.25) is 0 Å². The Labute approximate surface area is 184 Å². The number of ether oxygens (including phenoxy) is 2. The van der Waals surface area contributed by atoms with Gasteiger partial charge in [0.25, 0.3) is 0 Å². The molecule has 0 spiro atoms.